The van der Waals surface area contributed by atoms with Gasteiger partial charge in [-0.1, -0.05) is 5.21 Å². The molecule has 5 nitrogen and oxygen atoms in total. The molecular weight excluding hydrogens is 235 g/mol. The van der Waals surface area contributed by atoms with E-state index in [4.69, 9.17) is 4.74 Å². The third-order valence-corrected chi connectivity index (χ3v) is 2.35. The van der Waals surface area contributed by atoms with Gasteiger partial charge in [0.1, 0.15) is 23.9 Å². The Hall–Kier alpha value is -1.95. The molecule has 0 spiro atoms. The zero-order valence-electron chi connectivity index (χ0n) is 10.4. The minimum absolute atomic E-state index is 0.274. The standard InChI is InChI=1S/C12H15FN4O/c1-14-6-9-3-10(13)5-12(4-9)18-8-11-7-17(2)16-15-11/h3-5,7,14H,6,8H2,1-2H3. The molecule has 0 saturated carbocycles. The first-order valence-corrected chi connectivity index (χ1v) is 5.59. The number of ether oxygens (including phenoxy) is 1. The van der Waals surface area contributed by atoms with Gasteiger partial charge in [-0.3, -0.25) is 4.68 Å². The summed E-state index contributed by atoms with van der Waals surface area (Å²) >= 11 is 0. The zero-order chi connectivity index (χ0) is 13.0. The Morgan fingerprint density at radius 3 is 2.89 bits per heavy atom. The quantitative estimate of drug-likeness (QED) is 0.867. The van der Waals surface area contributed by atoms with Crippen LogP contribution in [0.3, 0.4) is 0 Å². The van der Waals surface area contributed by atoms with Gasteiger partial charge in [-0.25, -0.2) is 4.39 Å². The van der Waals surface area contributed by atoms with Gasteiger partial charge in [-0.05, 0) is 24.7 Å². The van der Waals surface area contributed by atoms with E-state index >= 15 is 0 Å². The molecule has 6 heteroatoms. The molecule has 18 heavy (non-hydrogen) atoms. The van der Waals surface area contributed by atoms with E-state index in [0.717, 1.165) is 5.56 Å². The monoisotopic (exact) mass is 250 g/mol. The molecule has 1 heterocycles. The van der Waals surface area contributed by atoms with Gasteiger partial charge >= 0.3 is 0 Å². The second-order valence-corrected chi connectivity index (χ2v) is 4.00. The van der Waals surface area contributed by atoms with Crippen molar-refractivity contribution in [2.24, 2.45) is 7.05 Å². The zero-order valence-corrected chi connectivity index (χ0v) is 10.4. The Labute approximate surface area is 105 Å². The molecule has 2 rings (SSSR count). The fraction of sp³-hybridized carbons (Fsp3) is 0.333. The number of benzene rings is 1. The van der Waals surface area contributed by atoms with Gasteiger partial charge in [0.15, 0.2) is 0 Å². The molecule has 1 aromatic carbocycles. The second-order valence-electron chi connectivity index (χ2n) is 4.00. The van der Waals surface area contributed by atoms with Gasteiger partial charge in [0.25, 0.3) is 0 Å². The van der Waals surface area contributed by atoms with Crippen molar-refractivity contribution in [3.05, 3.63) is 41.5 Å². The summed E-state index contributed by atoms with van der Waals surface area (Å²) in [6, 6.07) is 4.64. The van der Waals surface area contributed by atoms with Gasteiger partial charge in [-0.15, -0.1) is 5.10 Å². The number of hydrogen-bond acceptors (Lipinski definition) is 4. The third-order valence-electron chi connectivity index (χ3n) is 2.35. The van der Waals surface area contributed by atoms with Gasteiger partial charge in [0.05, 0.1) is 6.20 Å². The summed E-state index contributed by atoms with van der Waals surface area (Å²) in [5.74, 6) is 0.183. The van der Waals surface area contributed by atoms with Crippen LogP contribution in [0.5, 0.6) is 5.75 Å². The maximum atomic E-state index is 13.3. The van der Waals surface area contributed by atoms with Crippen LogP contribution in [0.15, 0.2) is 24.4 Å². The number of aromatic nitrogens is 3. The van der Waals surface area contributed by atoms with Crippen molar-refractivity contribution in [1.29, 1.82) is 0 Å². The van der Waals surface area contributed by atoms with Crippen molar-refractivity contribution >= 4 is 0 Å². The lowest BCUT2D eigenvalue weighted by Gasteiger charge is -2.07. The molecule has 96 valence electrons. The van der Waals surface area contributed by atoms with Crippen LogP contribution < -0.4 is 10.1 Å². The maximum Gasteiger partial charge on any atom is 0.134 e. The van der Waals surface area contributed by atoms with E-state index in [1.807, 2.05) is 7.05 Å². The van der Waals surface area contributed by atoms with Gasteiger partial charge < -0.3 is 10.1 Å². The van der Waals surface area contributed by atoms with Crippen molar-refractivity contribution in [2.45, 2.75) is 13.2 Å². The van der Waals surface area contributed by atoms with Crippen LogP contribution in [0.25, 0.3) is 0 Å². The topological polar surface area (TPSA) is 52.0 Å². The Balaban J connectivity index is 2.04. The van der Waals surface area contributed by atoms with Crippen molar-refractivity contribution in [3.8, 4) is 5.75 Å². The van der Waals surface area contributed by atoms with E-state index in [1.165, 1.54) is 12.1 Å². The predicted octanol–water partition coefficient (Wildman–Crippen LogP) is 1.25. The lowest BCUT2D eigenvalue weighted by molar-refractivity contribution is 0.299. The molecular formula is C12H15FN4O. The number of rotatable bonds is 5. The van der Waals surface area contributed by atoms with E-state index in [1.54, 1.807) is 24.0 Å². The van der Waals surface area contributed by atoms with Crippen molar-refractivity contribution in [1.82, 2.24) is 20.3 Å². The van der Waals surface area contributed by atoms with E-state index in [2.05, 4.69) is 15.6 Å². The largest absolute Gasteiger partial charge is 0.487 e. The highest BCUT2D eigenvalue weighted by molar-refractivity contribution is 5.29. The molecule has 0 amide bonds. The smallest absolute Gasteiger partial charge is 0.134 e. The average molecular weight is 250 g/mol. The Morgan fingerprint density at radius 2 is 2.22 bits per heavy atom. The molecule has 0 saturated heterocycles. The molecule has 2 aromatic rings. The summed E-state index contributed by atoms with van der Waals surface area (Å²) in [5, 5.41) is 10.7. The van der Waals surface area contributed by atoms with Crippen LogP contribution in [0.1, 0.15) is 11.3 Å². The first-order valence-electron chi connectivity index (χ1n) is 5.59. The molecule has 1 aromatic heterocycles. The number of nitrogens with zero attached hydrogens (tertiary/aromatic N) is 3. The summed E-state index contributed by atoms with van der Waals surface area (Å²) in [7, 11) is 3.59. The third kappa shape index (κ3) is 3.27. The molecule has 0 bridgehead atoms. The van der Waals surface area contributed by atoms with E-state index in [9.17, 15) is 4.39 Å². The normalized spacial score (nSPS) is 10.6. The molecule has 0 unspecified atom stereocenters. The molecule has 0 atom stereocenters. The summed E-state index contributed by atoms with van der Waals surface area (Å²) in [6.07, 6.45) is 1.76. The van der Waals surface area contributed by atoms with Crippen LogP contribution in [0, 0.1) is 5.82 Å². The molecule has 0 radical (unpaired) electrons. The summed E-state index contributed by atoms with van der Waals surface area (Å²) in [6.45, 7) is 0.871. The van der Waals surface area contributed by atoms with Crippen LogP contribution in [0.4, 0.5) is 4.39 Å². The lowest BCUT2D eigenvalue weighted by Crippen LogP contribution is -2.06. The Kier molecular flexibility index (Phi) is 3.88. The van der Waals surface area contributed by atoms with Gasteiger partial charge in [0, 0.05) is 19.7 Å². The van der Waals surface area contributed by atoms with Crippen LogP contribution in [-0.2, 0) is 20.2 Å². The van der Waals surface area contributed by atoms with Gasteiger partial charge in [-0.2, -0.15) is 0 Å². The maximum absolute atomic E-state index is 13.3. The number of halogens is 1. The highest BCUT2D eigenvalue weighted by Crippen LogP contribution is 2.17. The highest BCUT2D eigenvalue weighted by atomic mass is 19.1. The van der Waals surface area contributed by atoms with Crippen LogP contribution >= 0.6 is 0 Å². The highest BCUT2D eigenvalue weighted by Gasteiger charge is 2.04. The molecule has 1 N–H and O–H groups in total. The van der Waals surface area contributed by atoms with E-state index in [0.29, 0.717) is 18.0 Å². The first-order chi connectivity index (χ1) is 8.67. The van der Waals surface area contributed by atoms with Crippen molar-refractivity contribution in [2.75, 3.05) is 7.05 Å². The fourth-order valence-corrected chi connectivity index (χ4v) is 1.63. The van der Waals surface area contributed by atoms with Crippen molar-refractivity contribution < 1.29 is 9.13 Å². The minimum Gasteiger partial charge on any atom is -0.487 e. The molecule has 0 aliphatic carbocycles. The van der Waals surface area contributed by atoms with Gasteiger partial charge in [0.2, 0.25) is 0 Å². The first kappa shape index (κ1) is 12.5. The minimum atomic E-state index is -0.308. The number of hydrogen-bond donors (Lipinski definition) is 1. The summed E-state index contributed by atoms with van der Waals surface area (Å²) < 4.78 is 20.4. The number of aryl methyl sites for hydroxylation is 1. The SMILES string of the molecule is CNCc1cc(F)cc(OCc2cn(C)nn2)c1. The predicted molar refractivity (Wildman–Crippen MR) is 64.5 cm³/mol. The fourth-order valence-electron chi connectivity index (χ4n) is 1.63. The summed E-state index contributed by atoms with van der Waals surface area (Å²) in [5.41, 5.74) is 1.54. The second kappa shape index (κ2) is 5.59. The molecule has 0 aliphatic heterocycles. The van der Waals surface area contributed by atoms with Crippen LogP contribution in [-0.4, -0.2) is 22.0 Å². The lowest BCUT2D eigenvalue weighted by atomic mass is 10.2. The van der Waals surface area contributed by atoms with E-state index < -0.39 is 0 Å². The summed E-state index contributed by atoms with van der Waals surface area (Å²) in [4.78, 5) is 0. The van der Waals surface area contributed by atoms with Crippen LogP contribution in [0.2, 0.25) is 0 Å². The molecule has 0 fully saturated rings. The van der Waals surface area contributed by atoms with Crippen molar-refractivity contribution in [3.63, 3.8) is 0 Å². The Morgan fingerprint density at radius 1 is 1.39 bits per heavy atom. The Bertz CT molecular complexity index is 527. The molecule has 0 aliphatic rings. The average Bonchev–Trinajstić information content (AvgIpc) is 2.72. The number of nitrogens with one attached hydrogen (secondary N) is 1. The van der Waals surface area contributed by atoms with E-state index in [-0.39, 0.29) is 12.4 Å².